The molecule has 0 saturated heterocycles. The van der Waals surface area contributed by atoms with E-state index in [1.165, 1.54) is 0 Å². The summed E-state index contributed by atoms with van der Waals surface area (Å²) in [6.07, 6.45) is 3.79. The van der Waals surface area contributed by atoms with E-state index in [9.17, 15) is 0 Å². The van der Waals surface area contributed by atoms with Gasteiger partial charge in [0, 0.05) is 35.3 Å². The van der Waals surface area contributed by atoms with Crippen molar-refractivity contribution in [3.05, 3.63) is 35.5 Å². The number of hydrogen-bond acceptors (Lipinski definition) is 5. The Hall–Kier alpha value is -2.34. The molecule has 0 atom stereocenters. The van der Waals surface area contributed by atoms with Crippen molar-refractivity contribution < 1.29 is 9.47 Å². The monoisotopic (exact) mass is 315 g/mol. The topological polar surface area (TPSA) is 49.2 Å². The quantitative estimate of drug-likeness (QED) is 0.739. The Morgan fingerprint density at radius 1 is 1.18 bits per heavy atom. The Morgan fingerprint density at radius 2 is 2.00 bits per heavy atom. The maximum atomic E-state index is 5.48. The van der Waals surface area contributed by atoms with E-state index in [2.05, 4.69) is 12.0 Å². The van der Waals surface area contributed by atoms with Crippen LogP contribution in [0.2, 0.25) is 0 Å². The molecule has 3 aromatic rings. The van der Waals surface area contributed by atoms with E-state index in [0.29, 0.717) is 0 Å². The van der Waals surface area contributed by atoms with E-state index >= 15 is 0 Å². The number of aryl methyl sites for hydroxylation is 2. The second-order valence-corrected chi connectivity index (χ2v) is 6.10. The van der Waals surface area contributed by atoms with Crippen molar-refractivity contribution in [2.45, 2.75) is 6.92 Å². The van der Waals surface area contributed by atoms with Gasteiger partial charge in [0.25, 0.3) is 0 Å². The summed E-state index contributed by atoms with van der Waals surface area (Å²) in [6, 6.07) is 5.77. The van der Waals surface area contributed by atoms with E-state index in [1.54, 1.807) is 30.2 Å². The van der Waals surface area contributed by atoms with Gasteiger partial charge < -0.3 is 9.47 Å². The summed E-state index contributed by atoms with van der Waals surface area (Å²) < 4.78 is 12.5. The van der Waals surface area contributed by atoms with Crippen LogP contribution in [0.1, 0.15) is 4.88 Å². The molecule has 0 aliphatic heterocycles. The highest BCUT2D eigenvalue weighted by Gasteiger charge is 2.16. The van der Waals surface area contributed by atoms with Gasteiger partial charge in [-0.1, -0.05) is 0 Å². The SMILES string of the molecule is COc1ccc(-c2nc(-c3cnn(C)c3)sc2C)c(OC)c1. The van der Waals surface area contributed by atoms with Crippen molar-refractivity contribution in [1.29, 1.82) is 0 Å². The fourth-order valence-electron chi connectivity index (χ4n) is 2.30. The molecule has 2 aromatic heterocycles. The summed E-state index contributed by atoms with van der Waals surface area (Å²) >= 11 is 1.65. The van der Waals surface area contributed by atoms with Crippen LogP contribution < -0.4 is 9.47 Å². The largest absolute Gasteiger partial charge is 0.497 e. The molecule has 0 spiro atoms. The van der Waals surface area contributed by atoms with E-state index in [0.717, 1.165) is 38.2 Å². The molecule has 3 rings (SSSR count). The van der Waals surface area contributed by atoms with Gasteiger partial charge in [-0.25, -0.2) is 4.98 Å². The minimum Gasteiger partial charge on any atom is -0.497 e. The summed E-state index contributed by atoms with van der Waals surface area (Å²) in [4.78, 5) is 5.91. The third kappa shape index (κ3) is 2.57. The fourth-order valence-corrected chi connectivity index (χ4v) is 3.20. The van der Waals surface area contributed by atoms with Crippen LogP contribution in [-0.4, -0.2) is 29.0 Å². The molecule has 0 bridgehead atoms. The molecule has 0 fully saturated rings. The van der Waals surface area contributed by atoms with Crippen LogP contribution in [0.4, 0.5) is 0 Å². The number of ether oxygens (including phenoxy) is 2. The predicted octanol–water partition coefficient (Wildman–Crippen LogP) is 3.54. The van der Waals surface area contributed by atoms with E-state index < -0.39 is 0 Å². The molecular weight excluding hydrogens is 298 g/mol. The maximum Gasteiger partial charge on any atom is 0.131 e. The highest BCUT2D eigenvalue weighted by Crippen LogP contribution is 2.38. The van der Waals surface area contributed by atoms with Crippen molar-refractivity contribution in [3.8, 4) is 33.3 Å². The van der Waals surface area contributed by atoms with Crippen molar-refractivity contribution in [2.75, 3.05) is 14.2 Å². The van der Waals surface area contributed by atoms with Gasteiger partial charge in [0.15, 0.2) is 0 Å². The molecule has 1 aromatic carbocycles. The molecule has 6 heteroatoms. The lowest BCUT2D eigenvalue weighted by molar-refractivity contribution is 0.395. The molecule has 5 nitrogen and oxygen atoms in total. The van der Waals surface area contributed by atoms with Gasteiger partial charge in [-0.3, -0.25) is 4.68 Å². The number of hydrogen-bond donors (Lipinski definition) is 0. The minimum atomic E-state index is 0.755. The second-order valence-electron chi connectivity index (χ2n) is 4.89. The third-order valence-electron chi connectivity index (χ3n) is 3.41. The minimum absolute atomic E-state index is 0.755. The summed E-state index contributed by atoms with van der Waals surface area (Å²) in [5.74, 6) is 1.52. The first-order chi connectivity index (χ1) is 10.6. The molecule has 0 unspecified atom stereocenters. The molecule has 0 N–H and O–H groups in total. The van der Waals surface area contributed by atoms with Gasteiger partial charge >= 0.3 is 0 Å². The second kappa shape index (κ2) is 5.81. The molecule has 0 aliphatic carbocycles. The zero-order valence-electron chi connectivity index (χ0n) is 13.0. The molecule has 114 valence electrons. The molecule has 0 amide bonds. The van der Waals surface area contributed by atoms with Crippen LogP contribution in [0.5, 0.6) is 11.5 Å². The Bertz CT molecular complexity index is 808. The van der Waals surface area contributed by atoms with Gasteiger partial charge in [0.05, 0.1) is 26.1 Å². The van der Waals surface area contributed by atoms with Crippen LogP contribution in [0.3, 0.4) is 0 Å². The van der Waals surface area contributed by atoms with Crippen LogP contribution in [0.15, 0.2) is 30.6 Å². The highest BCUT2D eigenvalue weighted by atomic mass is 32.1. The third-order valence-corrected chi connectivity index (χ3v) is 4.43. The van der Waals surface area contributed by atoms with Crippen LogP contribution in [0, 0.1) is 6.92 Å². The standard InChI is InChI=1S/C16H17N3O2S/c1-10-15(13-6-5-12(20-3)7-14(13)21-4)18-16(22-10)11-8-17-19(2)9-11/h5-9H,1-4H3. The summed E-state index contributed by atoms with van der Waals surface area (Å²) in [6.45, 7) is 2.07. The zero-order valence-corrected chi connectivity index (χ0v) is 13.8. The highest BCUT2D eigenvalue weighted by molar-refractivity contribution is 7.15. The van der Waals surface area contributed by atoms with E-state index in [4.69, 9.17) is 14.5 Å². The average molecular weight is 315 g/mol. The molecule has 2 heterocycles. The van der Waals surface area contributed by atoms with Gasteiger partial charge in [-0.15, -0.1) is 11.3 Å². The number of methoxy groups -OCH3 is 2. The summed E-state index contributed by atoms with van der Waals surface area (Å²) in [5, 5.41) is 5.16. The first-order valence-electron chi connectivity index (χ1n) is 6.81. The number of thiazole rings is 1. The number of nitrogens with zero attached hydrogens (tertiary/aromatic N) is 3. The number of aromatic nitrogens is 3. The van der Waals surface area contributed by atoms with Crippen molar-refractivity contribution in [1.82, 2.24) is 14.8 Å². The van der Waals surface area contributed by atoms with Crippen molar-refractivity contribution in [3.63, 3.8) is 0 Å². The van der Waals surface area contributed by atoms with Crippen LogP contribution >= 0.6 is 11.3 Å². The Labute approximate surface area is 133 Å². The average Bonchev–Trinajstić information content (AvgIpc) is 3.12. The number of rotatable bonds is 4. The lowest BCUT2D eigenvalue weighted by Crippen LogP contribution is -1.91. The molecule has 0 aliphatic rings. The first kappa shape index (κ1) is 14.6. The van der Waals surface area contributed by atoms with Crippen molar-refractivity contribution in [2.24, 2.45) is 7.05 Å². The van der Waals surface area contributed by atoms with Gasteiger partial charge in [0.2, 0.25) is 0 Å². The zero-order chi connectivity index (χ0) is 15.7. The molecule has 0 radical (unpaired) electrons. The van der Waals surface area contributed by atoms with Crippen LogP contribution in [0.25, 0.3) is 21.8 Å². The predicted molar refractivity (Wildman–Crippen MR) is 87.6 cm³/mol. The summed E-state index contributed by atoms with van der Waals surface area (Å²) in [7, 11) is 5.20. The van der Waals surface area contributed by atoms with E-state index in [1.807, 2.05) is 37.6 Å². The van der Waals surface area contributed by atoms with E-state index in [-0.39, 0.29) is 0 Å². The molecule has 22 heavy (non-hydrogen) atoms. The fraction of sp³-hybridized carbons (Fsp3) is 0.250. The van der Waals surface area contributed by atoms with Gasteiger partial charge in [-0.05, 0) is 19.1 Å². The number of benzene rings is 1. The van der Waals surface area contributed by atoms with Gasteiger partial charge in [-0.2, -0.15) is 5.10 Å². The maximum absolute atomic E-state index is 5.48. The first-order valence-corrected chi connectivity index (χ1v) is 7.63. The van der Waals surface area contributed by atoms with Crippen LogP contribution in [-0.2, 0) is 7.05 Å². The lowest BCUT2D eigenvalue weighted by Gasteiger charge is -2.09. The smallest absolute Gasteiger partial charge is 0.131 e. The summed E-state index contributed by atoms with van der Waals surface area (Å²) in [5.41, 5.74) is 2.92. The molecule has 0 saturated carbocycles. The normalized spacial score (nSPS) is 10.7. The Kier molecular flexibility index (Phi) is 3.85. The lowest BCUT2D eigenvalue weighted by atomic mass is 10.1. The van der Waals surface area contributed by atoms with Gasteiger partial charge in [0.1, 0.15) is 16.5 Å². The Morgan fingerprint density at radius 3 is 2.64 bits per heavy atom. The van der Waals surface area contributed by atoms with Crippen molar-refractivity contribution >= 4 is 11.3 Å². The Balaban J connectivity index is 2.07. The molecular formula is C16H17N3O2S.